The molecule has 0 spiro atoms. The van der Waals surface area contributed by atoms with Gasteiger partial charge in [-0.3, -0.25) is 4.79 Å². The summed E-state index contributed by atoms with van der Waals surface area (Å²) in [6, 6.07) is 3.45. The lowest BCUT2D eigenvalue weighted by Crippen LogP contribution is -2.26. The van der Waals surface area contributed by atoms with Gasteiger partial charge in [0.15, 0.2) is 0 Å². The number of hydrogen-bond donors (Lipinski definition) is 3. The second kappa shape index (κ2) is 7.62. The monoisotopic (exact) mass is 252 g/mol. The fraction of sp³-hybridized carbons (Fsp3) is 0.500. The summed E-state index contributed by atoms with van der Waals surface area (Å²) in [6.07, 6.45) is 0. The maximum absolute atomic E-state index is 11.2. The van der Waals surface area contributed by atoms with Crippen LogP contribution in [0.4, 0.5) is 5.82 Å². The maximum Gasteiger partial charge on any atom is 0.252 e. The number of nitrogens with zero attached hydrogens (tertiary/aromatic N) is 1. The lowest BCUT2D eigenvalue weighted by atomic mass is 10.2. The molecule has 0 aliphatic carbocycles. The summed E-state index contributed by atoms with van der Waals surface area (Å²) in [5, 5.41) is 6.29. The Morgan fingerprint density at radius 1 is 1.39 bits per heavy atom. The molecule has 0 saturated heterocycles. The second-order valence-electron chi connectivity index (χ2n) is 3.88. The molecule has 1 amide bonds. The lowest BCUT2D eigenvalue weighted by molar-refractivity contribution is 0.100. The number of anilines is 1. The molecular weight excluding hydrogens is 232 g/mol. The van der Waals surface area contributed by atoms with Gasteiger partial charge in [-0.1, -0.05) is 0 Å². The van der Waals surface area contributed by atoms with E-state index in [1.54, 1.807) is 19.2 Å². The fourth-order valence-electron chi connectivity index (χ4n) is 1.46. The van der Waals surface area contributed by atoms with Gasteiger partial charge in [0.1, 0.15) is 5.82 Å². The van der Waals surface area contributed by atoms with Crippen LogP contribution in [0.2, 0.25) is 0 Å². The number of primary amides is 1. The van der Waals surface area contributed by atoms with Crippen LogP contribution in [0.3, 0.4) is 0 Å². The van der Waals surface area contributed by atoms with Crippen molar-refractivity contribution in [1.29, 1.82) is 0 Å². The molecule has 100 valence electrons. The zero-order chi connectivity index (χ0) is 13.4. The van der Waals surface area contributed by atoms with E-state index in [0.717, 1.165) is 18.8 Å². The smallest absolute Gasteiger partial charge is 0.252 e. The van der Waals surface area contributed by atoms with Gasteiger partial charge >= 0.3 is 0 Å². The molecule has 1 aromatic rings. The number of nitrogens with one attached hydrogen (secondary N) is 2. The van der Waals surface area contributed by atoms with E-state index in [2.05, 4.69) is 15.6 Å². The van der Waals surface area contributed by atoms with Gasteiger partial charge in [-0.05, 0) is 19.1 Å². The number of rotatable bonds is 8. The Morgan fingerprint density at radius 2 is 2.17 bits per heavy atom. The predicted molar refractivity (Wildman–Crippen MR) is 70.7 cm³/mol. The van der Waals surface area contributed by atoms with Crippen LogP contribution < -0.4 is 16.4 Å². The summed E-state index contributed by atoms with van der Waals surface area (Å²) in [5.74, 6) is 0.0633. The summed E-state index contributed by atoms with van der Waals surface area (Å²) in [7, 11) is 1.66. The van der Waals surface area contributed by atoms with Gasteiger partial charge in [0.2, 0.25) is 0 Å². The Balaban J connectivity index is 2.45. The predicted octanol–water partition coefficient (Wildman–Crippen LogP) is 0.137. The minimum Gasteiger partial charge on any atom is -0.383 e. The molecule has 0 radical (unpaired) electrons. The molecule has 0 saturated carbocycles. The third-order valence-electron chi connectivity index (χ3n) is 2.38. The summed E-state index contributed by atoms with van der Waals surface area (Å²) < 4.78 is 4.92. The van der Waals surface area contributed by atoms with Crippen molar-refractivity contribution in [1.82, 2.24) is 10.3 Å². The van der Waals surface area contributed by atoms with E-state index in [-0.39, 0.29) is 0 Å². The number of carbonyl (C=O) groups is 1. The first kappa shape index (κ1) is 14.4. The van der Waals surface area contributed by atoms with Crippen molar-refractivity contribution < 1.29 is 9.53 Å². The van der Waals surface area contributed by atoms with Crippen LogP contribution in [0, 0.1) is 6.92 Å². The van der Waals surface area contributed by atoms with E-state index in [1.165, 1.54) is 0 Å². The van der Waals surface area contributed by atoms with E-state index < -0.39 is 5.91 Å². The van der Waals surface area contributed by atoms with Crippen molar-refractivity contribution in [3.63, 3.8) is 0 Å². The van der Waals surface area contributed by atoms with E-state index >= 15 is 0 Å². The van der Waals surface area contributed by atoms with Gasteiger partial charge < -0.3 is 21.1 Å². The lowest BCUT2D eigenvalue weighted by Gasteiger charge is -2.10. The maximum atomic E-state index is 11.2. The van der Waals surface area contributed by atoms with E-state index in [9.17, 15) is 4.79 Å². The molecule has 6 nitrogen and oxygen atoms in total. The van der Waals surface area contributed by atoms with E-state index in [4.69, 9.17) is 10.5 Å². The summed E-state index contributed by atoms with van der Waals surface area (Å²) in [6.45, 7) is 4.77. The Morgan fingerprint density at radius 3 is 2.83 bits per heavy atom. The average Bonchev–Trinajstić information content (AvgIpc) is 2.33. The molecule has 4 N–H and O–H groups in total. The van der Waals surface area contributed by atoms with Gasteiger partial charge in [-0.25, -0.2) is 4.98 Å². The Hall–Kier alpha value is -1.66. The highest BCUT2D eigenvalue weighted by Crippen LogP contribution is 2.12. The quantitative estimate of drug-likeness (QED) is 0.573. The molecule has 0 fully saturated rings. The standard InChI is InChI=1S/C12H20N4O2/c1-9-3-4-10(11(13)17)12(16-9)15-6-5-14-7-8-18-2/h3-4,14H,5-8H2,1-2H3,(H2,13,17)(H,15,16). The third kappa shape index (κ3) is 4.68. The SMILES string of the molecule is COCCNCCNc1nc(C)ccc1C(N)=O. The van der Waals surface area contributed by atoms with Crippen LogP contribution in [0.15, 0.2) is 12.1 Å². The zero-order valence-corrected chi connectivity index (χ0v) is 10.8. The van der Waals surface area contributed by atoms with E-state index in [1.807, 2.05) is 6.92 Å². The number of hydrogen-bond acceptors (Lipinski definition) is 5. The minimum atomic E-state index is -0.475. The Labute approximate surface area is 107 Å². The van der Waals surface area contributed by atoms with Crippen LogP contribution in [-0.2, 0) is 4.74 Å². The Kier molecular flexibility index (Phi) is 6.10. The molecule has 0 unspecified atom stereocenters. The van der Waals surface area contributed by atoms with Crippen molar-refractivity contribution in [3.8, 4) is 0 Å². The largest absolute Gasteiger partial charge is 0.383 e. The molecule has 0 aliphatic rings. The Bertz CT molecular complexity index is 396. The van der Waals surface area contributed by atoms with Gasteiger partial charge in [0.25, 0.3) is 5.91 Å². The summed E-state index contributed by atoms with van der Waals surface area (Å²) in [4.78, 5) is 15.5. The summed E-state index contributed by atoms with van der Waals surface area (Å²) in [5.41, 5.74) is 6.54. The number of aryl methyl sites for hydroxylation is 1. The molecule has 0 atom stereocenters. The van der Waals surface area contributed by atoms with E-state index in [0.29, 0.717) is 24.5 Å². The number of methoxy groups -OCH3 is 1. The number of nitrogens with two attached hydrogens (primary N) is 1. The fourth-order valence-corrected chi connectivity index (χ4v) is 1.46. The van der Waals surface area contributed by atoms with Crippen LogP contribution in [0.25, 0.3) is 0 Å². The van der Waals surface area contributed by atoms with Gasteiger partial charge in [0.05, 0.1) is 12.2 Å². The molecule has 0 aliphatic heterocycles. The van der Waals surface area contributed by atoms with Crippen molar-refractivity contribution in [2.24, 2.45) is 5.73 Å². The average molecular weight is 252 g/mol. The third-order valence-corrected chi connectivity index (χ3v) is 2.38. The van der Waals surface area contributed by atoms with Crippen LogP contribution in [0.1, 0.15) is 16.1 Å². The molecule has 18 heavy (non-hydrogen) atoms. The molecule has 1 aromatic heterocycles. The number of pyridine rings is 1. The minimum absolute atomic E-state index is 0.414. The second-order valence-corrected chi connectivity index (χ2v) is 3.88. The normalized spacial score (nSPS) is 10.3. The van der Waals surface area contributed by atoms with Crippen LogP contribution in [-0.4, -0.2) is 44.2 Å². The zero-order valence-electron chi connectivity index (χ0n) is 10.8. The molecular formula is C12H20N4O2. The van der Waals surface area contributed by atoms with Crippen molar-refractivity contribution in [3.05, 3.63) is 23.4 Å². The first-order valence-corrected chi connectivity index (χ1v) is 5.86. The van der Waals surface area contributed by atoms with Crippen molar-refractivity contribution in [2.75, 3.05) is 38.7 Å². The molecule has 1 rings (SSSR count). The highest BCUT2D eigenvalue weighted by atomic mass is 16.5. The number of ether oxygens (including phenoxy) is 1. The molecule has 1 heterocycles. The molecule has 6 heteroatoms. The van der Waals surface area contributed by atoms with Crippen LogP contribution in [0.5, 0.6) is 0 Å². The van der Waals surface area contributed by atoms with Gasteiger partial charge in [-0.15, -0.1) is 0 Å². The summed E-state index contributed by atoms with van der Waals surface area (Å²) >= 11 is 0. The number of aromatic nitrogens is 1. The molecule has 0 bridgehead atoms. The first-order valence-electron chi connectivity index (χ1n) is 5.86. The van der Waals surface area contributed by atoms with Gasteiger partial charge in [0, 0.05) is 32.4 Å². The molecule has 0 aromatic carbocycles. The first-order chi connectivity index (χ1) is 8.65. The van der Waals surface area contributed by atoms with Gasteiger partial charge in [-0.2, -0.15) is 0 Å². The number of carbonyl (C=O) groups excluding carboxylic acids is 1. The number of amides is 1. The highest BCUT2D eigenvalue weighted by molar-refractivity contribution is 5.97. The van der Waals surface area contributed by atoms with Crippen LogP contribution >= 0.6 is 0 Å². The van der Waals surface area contributed by atoms with Crippen molar-refractivity contribution >= 4 is 11.7 Å². The van der Waals surface area contributed by atoms with Crippen molar-refractivity contribution in [2.45, 2.75) is 6.92 Å². The highest BCUT2D eigenvalue weighted by Gasteiger charge is 2.08. The topological polar surface area (TPSA) is 89.3 Å².